The van der Waals surface area contributed by atoms with Crippen LogP contribution in [0.4, 0.5) is 5.69 Å². The lowest BCUT2D eigenvalue weighted by Crippen LogP contribution is -2.37. The summed E-state index contributed by atoms with van der Waals surface area (Å²) in [5, 5.41) is 0. The summed E-state index contributed by atoms with van der Waals surface area (Å²) in [4.78, 5) is 28.0. The van der Waals surface area contributed by atoms with Gasteiger partial charge in [0.25, 0.3) is 5.91 Å². The highest BCUT2D eigenvalue weighted by atomic mass is 32.1. The Morgan fingerprint density at radius 1 is 1.22 bits per heavy atom. The van der Waals surface area contributed by atoms with Crippen molar-refractivity contribution in [1.29, 1.82) is 0 Å². The Hall–Kier alpha value is -2.14. The molecule has 4 nitrogen and oxygen atoms in total. The number of anilines is 1. The van der Waals surface area contributed by atoms with Gasteiger partial charge in [0.2, 0.25) is 0 Å². The molecule has 0 fully saturated rings. The van der Waals surface area contributed by atoms with E-state index in [1.54, 1.807) is 14.0 Å². The molecule has 1 aromatic heterocycles. The number of thiophene rings is 1. The number of amides is 1. The molecule has 0 spiro atoms. The van der Waals surface area contributed by atoms with Crippen LogP contribution in [0.1, 0.15) is 33.5 Å². The van der Waals surface area contributed by atoms with Crippen molar-refractivity contribution in [3.05, 3.63) is 51.7 Å². The topological polar surface area (TPSA) is 46.6 Å². The lowest BCUT2D eigenvalue weighted by Gasteiger charge is -2.21. The molecule has 2 aromatic rings. The number of aryl methyl sites for hydroxylation is 2. The van der Waals surface area contributed by atoms with Crippen LogP contribution < -0.4 is 4.90 Å². The third-order valence-corrected chi connectivity index (χ3v) is 5.27. The largest absolute Gasteiger partial charge is 0.448 e. The predicted octanol–water partition coefficient (Wildman–Crippen LogP) is 3.45. The summed E-state index contributed by atoms with van der Waals surface area (Å²) < 4.78 is 5.36. The van der Waals surface area contributed by atoms with Gasteiger partial charge in [-0.2, -0.15) is 0 Å². The third kappa shape index (κ3) is 3.29. The van der Waals surface area contributed by atoms with Crippen LogP contribution >= 0.6 is 11.3 Å². The highest BCUT2D eigenvalue weighted by Crippen LogP contribution is 2.31. The summed E-state index contributed by atoms with van der Waals surface area (Å²) in [6.07, 6.45) is 2.42. The summed E-state index contributed by atoms with van der Waals surface area (Å²) in [5.41, 5.74) is 2.03. The van der Waals surface area contributed by atoms with E-state index in [0.29, 0.717) is 4.88 Å². The summed E-state index contributed by atoms with van der Waals surface area (Å²) in [6.45, 7) is 1.61. The zero-order chi connectivity index (χ0) is 16.4. The van der Waals surface area contributed by atoms with Crippen molar-refractivity contribution in [2.24, 2.45) is 0 Å². The van der Waals surface area contributed by atoms with E-state index in [2.05, 4.69) is 0 Å². The van der Waals surface area contributed by atoms with Gasteiger partial charge in [-0.1, -0.05) is 18.2 Å². The second-order valence-electron chi connectivity index (χ2n) is 5.69. The Bertz CT molecular complexity index is 702. The fraction of sp³-hybridized carbons (Fsp3) is 0.333. The quantitative estimate of drug-likeness (QED) is 0.807. The number of hydrogen-bond acceptors (Lipinski definition) is 4. The molecule has 0 saturated heterocycles. The number of para-hydroxylation sites is 1. The molecule has 3 rings (SSSR count). The first-order chi connectivity index (χ1) is 11.1. The number of nitrogens with zero attached hydrogens (tertiary/aromatic N) is 1. The molecule has 0 aliphatic heterocycles. The number of carbonyl (C=O) groups is 2. The fourth-order valence-electron chi connectivity index (χ4n) is 2.75. The average molecular weight is 329 g/mol. The van der Waals surface area contributed by atoms with Crippen LogP contribution in [0, 0.1) is 0 Å². The van der Waals surface area contributed by atoms with Crippen molar-refractivity contribution in [2.45, 2.75) is 32.3 Å². The standard InChI is InChI=1S/C18H19NO3S/c1-12(17(20)19(2)14-8-4-3-5-9-14)22-18(21)16-11-13-7-6-10-15(13)23-16/h3-5,8-9,11-12H,6-7,10H2,1-2H3/t12-/m1/s1. The van der Waals surface area contributed by atoms with Gasteiger partial charge in [-0.3, -0.25) is 4.79 Å². The maximum absolute atomic E-state index is 12.4. The molecule has 23 heavy (non-hydrogen) atoms. The number of fused-ring (bicyclic) bond motifs is 1. The molecule has 1 aromatic carbocycles. The maximum atomic E-state index is 12.4. The van der Waals surface area contributed by atoms with E-state index in [-0.39, 0.29) is 5.91 Å². The van der Waals surface area contributed by atoms with Crippen LogP contribution in [0.5, 0.6) is 0 Å². The number of carbonyl (C=O) groups excluding carboxylic acids is 2. The van der Waals surface area contributed by atoms with Crippen molar-refractivity contribution >= 4 is 28.9 Å². The molecular formula is C18H19NO3S. The first-order valence-corrected chi connectivity index (χ1v) is 8.53. The highest BCUT2D eigenvalue weighted by Gasteiger charge is 2.25. The lowest BCUT2D eigenvalue weighted by molar-refractivity contribution is -0.126. The predicted molar refractivity (Wildman–Crippen MR) is 91.1 cm³/mol. The van der Waals surface area contributed by atoms with Crippen LogP contribution in [-0.4, -0.2) is 25.0 Å². The van der Waals surface area contributed by atoms with E-state index in [0.717, 1.165) is 24.9 Å². The smallest absolute Gasteiger partial charge is 0.349 e. The van der Waals surface area contributed by atoms with E-state index in [4.69, 9.17) is 4.74 Å². The monoisotopic (exact) mass is 329 g/mol. The highest BCUT2D eigenvalue weighted by molar-refractivity contribution is 7.14. The van der Waals surface area contributed by atoms with Gasteiger partial charge in [0, 0.05) is 17.6 Å². The van der Waals surface area contributed by atoms with Gasteiger partial charge < -0.3 is 9.64 Å². The van der Waals surface area contributed by atoms with Gasteiger partial charge in [-0.15, -0.1) is 11.3 Å². The summed E-state index contributed by atoms with van der Waals surface area (Å²) >= 11 is 1.49. The molecule has 1 heterocycles. The van der Waals surface area contributed by atoms with Crippen molar-refractivity contribution in [2.75, 3.05) is 11.9 Å². The zero-order valence-corrected chi connectivity index (χ0v) is 14.1. The van der Waals surface area contributed by atoms with E-state index in [1.807, 2.05) is 36.4 Å². The molecule has 0 bridgehead atoms. The Balaban J connectivity index is 1.64. The summed E-state index contributed by atoms with van der Waals surface area (Å²) in [5.74, 6) is -0.652. The van der Waals surface area contributed by atoms with Gasteiger partial charge in [-0.25, -0.2) is 4.79 Å². The van der Waals surface area contributed by atoms with Gasteiger partial charge in [-0.05, 0) is 49.9 Å². The number of rotatable bonds is 4. The Morgan fingerprint density at radius 2 is 1.96 bits per heavy atom. The minimum absolute atomic E-state index is 0.242. The van der Waals surface area contributed by atoms with Gasteiger partial charge in [0.15, 0.2) is 6.10 Å². The Labute approximate surface area is 139 Å². The molecule has 5 heteroatoms. The van der Waals surface area contributed by atoms with E-state index in [1.165, 1.54) is 26.7 Å². The van der Waals surface area contributed by atoms with Crippen molar-refractivity contribution < 1.29 is 14.3 Å². The fourth-order valence-corrected chi connectivity index (χ4v) is 3.89. The van der Waals surface area contributed by atoms with Crippen LogP contribution in [0.3, 0.4) is 0 Å². The molecule has 0 radical (unpaired) electrons. The van der Waals surface area contributed by atoms with E-state index < -0.39 is 12.1 Å². The Morgan fingerprint density at radius 3 is 2.65 bits per heavy atom. The molecule has 0 unspecified atom stereocenters. The first kappa shape index (κ1) is 15.7. The third-order valence-electron chi connectivity index (χ3n) is 4.05. The summed E-state index contributed by atoms with van der Waals surface area (Å²) in [7, 11) is 1.68. The summed E-state index contributed by atoms with van der Waals surface area (Å²) in [6, 6.07) is 11.2. The van der Waals surface area contributed by atoms with Gasteiger partial charge >= 0.3 is 5.97 Å². The van der Waals surface area contributed by atoms with Crippen LogP contribution in [0.25, 0.3) is 0 Å². The van der Waals surface area contributed by atoms with Gasteiger partial charge in [0.05, 0.1) is 0 Å². The number of ether oxygens (including phenoxy) is 1. The molecule has 1 aliphatic carbocycles. The van der Waals surface area contributed by atoms with Crippen LogP contribution in [0.2, 0.25) is 0 Å². The lowest BCUT2D eigenvalue weighted by atomic mass is 10.2. The van der Waals surface area contributed by atoms with E-state index in [9.17, 15) is 9.59 Å². The van der Waals surface area contributed by atoms with Gasteiger partial charge in [0.1, 0.15) is 4.88 Å². The zero-order valence-electron chi connectivity index (χ0n) is 13.2. The SMILES string of the molecule is C[C@@H](OC(=O)c1cc2c(s1)CCC2)C(=O)N(C)c1ccccc1. The molecule has 0 N–H and O–H groups in total. The van der Waals surface area contributed by atoms with Crippen LogP contribution in [-0.2, 0) is 22.4 Å². The maximum Gasteiger partial charge on any atom is 0.349 e. The number of benzene rings is 1. The normalized spacial score (nSPS) is 14.2. The molecule has 120 valence electrons. The van der Waals surface area contributed by atoms with Crippen molar-refractivity contribution in [3.8, 4) is 0 Å². The Kier molecular flexibility index (Phi) is 4.48. The minimum Gasteiger partial charge on any atom is -0.448 e. The minimum atomic E-state index is -0.815. The number of esters is 1. The first-order valence-electron chi connectivity index (χ1n) is 7.71. The molecule has 1 aliphatic rings. The average Bonchev–Trinajstić information content (AvgIpc) is 3.15. The molecular weight excluding hydrogens is 310 g/mol. The van der Waals surface area contributed by atoms with Crippen molar-refractivity contribution in [3.63, 3.8) is 0 Å². The van der Waals surface area contributed by atoms with Crippen molar-refractivity contribution in [1.82, 2.24) is 0 Å². The second kappa shape index (κ2) is 6.54. The molecule has 1 amide bonds. The molecule has 0 saturated carbocycles. The second-order valence-corrected chi connectivity index (χ2v) is 6.83. The number of likely N-dealkylation sites (N-methyl/N-ethyl adjacent to an activating group) is 1. The molecule has 1 atom stereocenters. The van der Waals surface area contributed by atoms with Crippen LogP contribution in [0.15, 0.2) is 36.4 Å². The van der Waals surface area contributed by atoms with E-state index >= 15 is 0 Å². The number of hydrogen-bond donors (Lipinski definition) is 0.